The van der Waals surface area contributed by atoms with Gasteiger partial charge in [-0.15, -0.1) is 11.3 Å². The Morgan fingerprint density at radius 3 is 2.67 bits per heavy atom. The van der Waals surface area contributed by atoms with Crippen LogP contribution in [0.2, 0.25) is 4.34 Å². The smallest absolute Gasteiger partial charge is 0.299 e. The number of anilines is 1. The topological polar surface area (TPSA) is 98.0 Å². The van der Waals surface area contributed by atoms with Gasteiger partial charge in [-0.25, -0.2) is 9.97 Å². The molecule has 2 rings (SSSR count). The summed E-state index contributed by atoms with van der Waals surface area (Å²) in [6.07, 6.45) is 4.14. The number of carbonyl (C=O) groups is 1. The third-order valence-electron chi connectivity index (χ3n) is 1.91. The normalized spacial score (nSPS) is 10.1. The van der Waals surface area contributed by atoms with E-state index >= 15 is 0 Å². The first-order chi connectivity index (χ1) is 8.58. The zero-order valence-corrected chi connectivity index (χ0v) is 10.2. The van der Waals surface area contributed by atoms with Crippen molar-refractivity contribution in [3.8, 4) is 0 Å². The number of nitro groups is 1. The molecule has 0 bridgehead atoms. The Balaban J connectivity index is 2.20. The fourth-order valence-electron chi connectivity index (χ4n) is 1.15. The SMILES string of the molecule is O=C(Nc1cncnc1)c1cc([N+](=O)[O-])c(Cl)s1. The molecule has 0 aromatic carbocycles. The van der Waals surface area contributed by atoms with Crippen molar-refractivity contribution in [3.05, 3.63) is 44.1 Å². The number of aromatic nitrogens is 2. The van der Waals surface area contributed by atoms with Gasteiger partial charge < -0.3 is 5.32 Å². The van der Waals surface area contributed by atoms with E-state index in [1.54, 1.807) is 0 Å². The average Bonchev–Trinajstić information content (AvgIpc) is 2.73. The lowest BCUT2D eigenvalue weighted by Gasteiger charge is -2.00. The maximum atomic E-state index is 11.8. The first-order valence-corrected chi connectivity index (χ1v) is 5.77. The summed E-state index contributed by atoms with van der Waals surface area (Å²) in [6.45, 7) is 0. The molecule has 0 aliphatic rings. The summed E-state index contributed by atoms with van der Waals surface area (Å²) >= 11 is 6.50. The number of carbonyl (C=O) groups excluding carboxylic acids is 1. The lowest BCUT2D eigenvalue weighted by atomic mass is 10.4. The van der Waals surface area contributed by atoms with Gasteiger partial charge in [-0.3, -0.25) is 14.9 Å². The van der Waals surface area contributed by atoms with Gasteiger partial charge in [0.05, 0.1) is 23.0 Å². The molecular weight excluding hydrogens is 280 g/mol. The molecule has 7 nitrogen and oxygen atoms in total. The number of rotatable bonds is 3. The molecule has 0 unspecified atom stereocenters. The molecule has 0 saturated heterocycles. The largest absolute Gasteiger partial charge is 0.319 e. The zero-order valence-electron chi connectivity index (χ0n) is 8.66. The predicted octanol–water partition coefficient (Wildman–Crippen LogP) is 2.35. The van der Waals surface area contributed by atoms with Crippen LogP contribution in [-0.2, 0) is 0 Å². The number of halogens is 1. The van der Waals surface area contributed by atoms with Crippen LogP contribution in [0.4, 0.5) is 11.4 Å². The van der Waals surface area contributed by atoms with Crippen LogP contribution in [0.25, 0.3) is 0 Å². The molecule has 2 heterocycles. The maximum absolute atomic E-state index is 11.8. The van der Waals surface area contributed by atoms with Crippen LogP contribution in [-0.4, -0.2) is 20.8 Å². The van der Waals surface area contributed by atoms with Gasteiger partial charge in [-0.05, 0) is 0 Å². The van der Waals surface area contributed by atoms with Crippen molar-refractivity contribution in [2.75, 3.05) is 5.32 Å². The molecule has 0 saturated carbocycles. The highest BCUT2D eigenvalue weighted by Crippen LogP contribution is 2.33. The van der Waals surface area contributed by atoms with Crippen LogP contribution in [0, 0.1) is 10.1 Å². The van der Waals surface area contributed by atoms with Gasteiger partial charge in [0.25, 0.3) is 11.6 Å². The van der Waals surface area contributed by atoms with Crippen LogP contribution in [0.3, 0.4) is 0 Å². The van der Waals surface area contributed by atoms with Gasteiger partial charge in [-0.1, -0.05) is 11.6 Å². The van der Waals surface area contributed by atoms with E-state index in [0.29, 0.717) is 5.69 Å². The minimum Gasteiger partial charge on any atom is -0.319 e. The summed E-state index contributed by atoms with van der Waals surface area (Å²) in [4.78, 5) is 29.3. The Bertz CT molecular complexity index is 601. The van der Waals surface area contributed by atoms with Crippen molar-refractivity contribution in [2.24, 2.45) is 0 Å². The van der Waals surface area contributed by atoms with Crippen molar-refractivity contribution in [1.29, 1.82) is 0 Å². The first kappa shape index (κ1) is 12.4. The van der Waals surface area contributed by atoms with E-state index < -0.39 is 10.8 Å². The Morgan fingerprint density at radius 1 is 1.44 bits per heavy atom. The van der Waals surface area contributed by atoms with Crippen molar-refractivity contribution in [2.45, 2.75) is 0 Å². The zero-order chi connectivity index (χ0) is 13.1. The summed E-state index contributed by atoms with van der Waals surface area (Å²) in [7, 11) is 0. The number of amides is 1. The summed E-state index contributed by atoms with van der Waals surface area (Å²) in [6, 6.07) is 1.13. The Morgan fingerprint density at radius 2 is 2.11 bits per heavy atom. The van der Waals surface area contributed by atoms with Crippen LogP contribution in [0.1, 0.15) is 9.67 Å². The standard InChI is InChI=1S/C9H5ClN4O3S/c10-8-6(14(16)17)1-7(18-8)9(15)13-5-2-11-4-12-3-5/h1-4H,(H,13,15). The van der Waals surface area contributed by atoms with Crippen LogP contribution in [0.15, 0.2) is 24.8 Å². The second kappa shape index (κ2) is 5.07. The molecule has 2 aromatic heterocycles. The van der Waals surface area contributed by atoms with E-state index in [-0.39, 0.29) is 14.9 Å². The quantitative estimate of drug-likeness (QED) is 0.689. The van der Waals surface area contributed by atoms with E-state index in [1.165, 1.54) is 18.7 Å². The third kappa shape index (κ3) is 2.60. The highest BCUT2D eigenvalue weighted by atomic mass is 35.5. The van der Waals surface area contributed by atoms with E-state index in [4.69, 9.17) is 11.6 Å². The fourth-order valence-corrected chi connectivity index (χ4v) is 2.27. The number of hydrogen-bond acceptors (Lipinski definition) is 6. The summed E-state index contributed by atoms with van der Waals surface area (Å²) in [5.74, 6) is -0.496. The fraction of sp³-hybridized carbons (Fsp3) is 0. The minimum atomic E-state index is -0.638. The third-order valence-corrected chi connectivity index (χ3v) is 3.24. The average molecular weight is 285 g/mol. The molecule has 0 aliphatic carbocycles. The van der Waals surface area contributed by atoms with Crippen molar-refractivity contribution in [1.82, 2.24) is 9.97 Å². The van der Waals surface area contributed by atoms with E-state index in [0.717, 1.165) is 17.4 Å². The van der Waals surface area contributed by atoms with E-state index in [9.17, 15) is 14.9 Å². The Labute approximate surface area is 110 Å². The molecule has 0 atom stereocenters. The molecule has 1 N–H and O–H groups in total. The van der Waals surface area contributed by atoms with Crippen LogP contribution < -0.4 is 5.32 Å². The molecule has 9 heteroatoms. The number of nitrogens with one attached hydrogen (secondary N) is 1. The highest BCUT2D eigenvalue weighted by molar-refractivity contribution is 7.18. The number of hydrogen-bond donors (Lipinski definition) is 1. The van der Waals surface area contributed by atoms with Gasteiger partial charge in [0, 0.05) is 6.07 Å². The molecule has 0 radical (unpaired) electrons. The molecule has 2 aromatic rings. The lowest BCUT2D eigenvalue weighted by molar-refractivity contribution is -0.384. The van der Waals surface area contributed by atoms with E-state index in [1.807, 2.05) is 0 Å². The molecule has 92 valence electrons. The summed E-state index contributed by atoms with van der Waals surface area (Å²) in [5.41, 5.74) is 0.116. The van der Waals surface area contributed by atoms with Gasteiger partial charge in [0.2, 0.25) is 0 Å². The van der Waals surface area contributed by atoms with Gasteiger partial charge in [-0.2, -0.15) is 0 Å². The number of nitrogens with zero attached hydrogens (tertiary/aromatic N) is 3. The first-order valence-electron chi connectivity index (χ1n) is 4.58. The Kier molecular flexibility index (Phi) is 3.49. The second-order valence-corrected chi connectivity index (χ2v) is 4.76. The van der Waals surface area contributed by atoms with Crippen molar-refractivity contribution in [3.63, 3.8) is 0 Å². The molecule has 0 spiro atoms. The molecule has 0 fully saturated rings. The van der Waals surface area contributed by atoms with Gasteiger partial charge in [0.15, 0.2) is 4.34 Å². The predicted molar refractivity (Wildman–Crippen MR) is 66.0 cm³/mol. The second-order valence-electron chi connectivity index (χ2n) is 3.11. The van der Waals surface area contributed by atoms with Crippen LogP contribution >= 0.6 is 22.9 Å². The highest BCUT2D eigenvalue weighted by Gasteiger charge is 2.21. The van der Waals surface area contributed by atoms with Gasteiger partial charge in [0.1, 0.15) is 11.2 Å². The summed E-state index contributed by atoms with van der Waals surface area (Å²) < 4.78 is -0.0329. The van der Waals surface area contributed by atoms with E-state index in [2.05, 4.69) is 15.3 Å². The maximum Gasteiger partial charge on any atom is 0.299 e. The minimum absolute atomic E-state index is 0.0329. The molecule has 1 amide bonds. The summed E-state index contributed by atoms with van der Waals surface area (Å²) in [5, 5.41) is 13.1. The molecule has 18 heavy (non-hydrogen) atoms. The van der Waals surface area contributed by atoms with Crippen LogP contribution in [0.5, 0.6) is 0 Å². The lowest BCUT2D eigenvalue weighted by Crippen LogP contribution is -2.10. The van der Waals surface area contributed by atoms with Gasteiger partial charge >= 0.3 is 0 Å². The molecular formula is C9H5ClN4O3S. The Hall–Kier alpha value is -2.06. The van der Waals surface area contributed by atoms with Crippen molar-refractivity contribution >= 4 is 40.2 Å². The number of thiophene rings is 1. The molecule has 0 aliphatic heterocycles. The monoisotopic (exact) mass is 284 g/mol. The van der Waals surface area contributed by atoms with Crippen molar-refractivity contribution < 1.29 is 9.72 Å².